The zero-order valence-electron chi connectivity index (χ0n) is 10.1. The molecule has 19 heavy (non-hydrogen) atoms. The first-order chi connectivity index (χ1) is 8.86. The molecule has 0 aliphatic carbocycles. The van der Waals surface area contributed by atoms with Crippen molar-refractivity contribution in [2.45, 2.75) is 13.1 Å². The van der Waals surface area contributed by atoms with Crippen LogP contribution in [-0.2, 0) is 6.18 Å². The Morgan fingerprint density at radius 3 is 2.32 bits per heavy atom. The minimum atomic E-state index is -4.32. The molecule has 0 amide bonds. The zero-order chi connectivity index (χ0) is 14.0. The van der Waals surface area contributed by atoms with Crippen LogP contribution in [0, 0.1) is 6.92 Å². The number of alkyl halides is 3. The van der Waals surface area contributed by atoms with Crippen molar-refractivity contribution < 1.29 is 13.2 Å². The Morgan fingerprint density at radius 1 is 1.16 bits per heavy atom. The van der Waals surface area contributed by atoms with Gasteiger partial charge in [-0.05, 0) is 42.8 Å². The number of nitrogen functional groups attached to an aromatic ring is 1. The van der Waals surface area contributed by atoms with Gasteiger partial charge in [-0.2, -0.15) is 13.2 Å². The fourth-order valence-corrected chi connectivity index (χ4v) is 1.53. The quantitative estimate of drug-likeness (QED) is 0.871. The highest BCUT2D eigenvalue weighted by Gasteiger charge is 2.29. The van der Waals surface area contributed by atoms with Gasteiger partial charge in [-0.25, -0.2) is 4.98 Å². The van der Waals surface area contributed by atoms with Crippen LogP contribution < -0.4 is 11.1 Å². The normalized spacial score (nSPS) is 11.4. The minimum absolute atomic E-state index is 0.532. The molecule has 2 rings (SSSR count). The van der Waals surface area contributed by atoms with Crippen LogP contribution >= 0.6 is 0 Å². The maximum atomic E-state index is 12.4. The van der Waals surface area contributed by atoms with E-state index >= 15 is 0 Å². The van der Waals surface area contributed by atoms with Gasteiger partial charge in [0, 0.05) is 5.69 Å². The van der Waals surface area contributed by atoms with Gasteiger partial charge in [-0.1, -0.05) is 0 Å². The van der Waals surface area contributed by atoms with Crippen LogP contribution in [0.3, 0.4) is 0 Å². The lowest BCUT2D eigenvalue weighted by atomic mass is 10.2. The second-order valence-corrected chi connectivity index (χ2v) is 4.13. The highest BCUT2D eigenvalue weighted by molar-refractivity contribution is 5.60. The third-order valence-electron chi connectivity index (χ3n) is 2.64. The Kier molecular flexibility index (Phi) is 3.33. The molecule has 1 heterocycles. The van der Waals surface area contributed by atoms with Crippen LogP contribution in [0.2, 0.25) is 0 Å². The number of nitrogens with two attached hydrogens (primary N) is 1. The van der Waals surface area contributed by atoms with Gasteiger partial charge in [0.25, 0.3) is 0 Å². The SMILES string of the molecule is Cc1cc(Nc2ccc(C(F)(F)F)cc2)ncc1N. The summed E-state index contributed by atoms with van der Waals surface area (Å²) in [5, 5.41) is 2.92. The molecule has 0 radical (unpaired) electrons. The van der Waals surface area contributed by atoms with E-state index in [4.69, 9.17) is 5.73 Å². The molecule has 1 aromatic carbocycles. The summed E-state index contributed by atoms with van der Waals surface area (Å²) in [6.07, 6.45) is -2.82. The average Bonchev–Trinajstić information content (AvgIpc) is 2.33. The van der Waals surface area contributed by atoms with Gasteiger partial charge in [0.2, 0.25) is 0 Å². The summed E-state index contributed by atoms with van der Waals surface area (Å²) in [7, 11) is 0. The van der Waals surface area contributed by atoms with Crippen LogP contribution in [0.15, 0.2) is 36.5 Å². The summed E-state index contributed by atoms with van der Waals surface area (Å²) in [5.41, 5.74) is 6.90. The molecule has 0 saturated heterocycles. The maximum Gasteiger partial charge on any atom is 0.416 e. The van der Waals surface area contributed by atoms with Crippen molar-refractivity contribution in [1.29, 1.82) is 0 Å². The lowest BCUT2D eigenvalue weighted by molar-refractivity contribution is -0.137. The van der Waals surface area contributed by atoms with Gasteiger partial charge >= 0.3 is 6.18 Å². The van der Waals surface area contributed by atoms with Crippen LogP contribution in [-0.4, -0.2) is 4.98 Å². The number of nitrogens with one attached hydrogen (secondary N) is 1. The molecule has 1 aromatic heterocycles. The molecule has 0 saturated carbocycles. The number of hydrogen-bond acceptors (Lipinski definition) is 3. The van der Waals surface area contributed by atoms with E-state index in [2.05, 4.69) is 10.3 Å². The lowest BCUT2D eigenvalue weighted by Crippen LogP contribution is -2.04. The molecular weight excluding hydrogens is 255 g/mol. The number of hydrogen-bond donors (Lipinski definition) is 2. The molecule has 6 heteroatoms. The molecule has 0 aliphatic heterocycles. The van der Waals surface area contributed by atoms with Crippen molar-refractivity contribution in [3.8, 4) is 0 Å². The summed E-state index contributed by atoms with van der Waals surface area (Å²) >= 11 is 0. The standard InChI is InChI=1S/C13H12F3N3/c1-8-6-12(18-7-11(8)17)19-10-4-2-9(3-5-10)13(14,15)16/h2-7H,17H2,1H3,(H,18,19). The summed E-state index contributed by atoms with van der Waals surface area (Å²) in [4.78, 5) is 4.05. The van der Waals surface area contributed by atoms with Crippen molar-refractivity contribution in [2.24, 2.45) is 0 Å². The first kappa shape index (κ1) is 13.2. The van der Waals surface area contributed by atoms with Crippen LogP contribution in [0.4, 0.5) is 30.4 Å². The second kappa shape index (κ2) is 4.79. The van der Waals surface area contributed by atoms with Crippen molar-refractivity contribution in [3.05, 3.63) is 47.7 Å². The lowest BCUT2D eigenvalue weighted by Gasteiger charge is -2.10. The van der Waals surface area contributed by atoms with E-state index < -0.39 is 11.7 Å². The topological polar surface area (TPSA) is 50.9 Å². The highest BCUT2D eigenvalue weighted by Crippen LogP contribution is 2.30. The molecule has 0 atom stereocenters. The van der Waals surface area contributed by atoms with Gasteiger partial charge < -0.3 is 11.1 Å². The smallest absolute Gasteiger partial charge is 0.397 e. The molecule has 0 bridgehead atoms. The third kappa shape index (κ3) is 3.15. The number of pyridine rings is 1. The van der Waals surface area contributed by atoms with Gasteiger partial charge in [-0.15, -0.1) is 0 Å². The number of benzene rings is 1. The van der Waals surface area contributed by atoms with Crippen LogP contribution in [0.25, 0.3) is 0 Å². The molecule has 3 N–H and O–H groups in total. The number of aryl methyl sites for hydroxylation is 1. The van der Waals surface area contributed by atoms with Crippen molar-refractivity contribution in [3.63, 3.8) is 0 Å². The first-order valence-electron chi connectivity index (χ1n) is 5.52. The number of anilines is 3. The van der Waals surface area contributed by atoms with Crippen molar-refractivity contribution >= 4 is 17.2 Å². The van der Waals surface area contributed by atoms with Gasteiger partial charge in [-0.3, -0.25) is 0 Å². The number of halogens is 3. The molecule has 0 spiro atoms. The van der Waals surface area contributed by atoms with E-state index in [1.807, 2.05) is 6.92 Å². The van der Waals surface area contributed by atoms with Gasteiger partial charge in [0.05, 0.1) is 17.4 Å². The monoisotopic (exact) mass is 267 g/mol. The Bertz CT molecular complexity index is 577. The molecular formula is C13H12F3N3. The van der Waals surface area contributed by atoms with Gasteiger partial charge in [0.1, 0.15) is 5.82 Å². The van der Waals surface area contributed by atoms with E-state index in [0.717, 1.165) is 17.7 Å². The minimum Gasteiger partial charge on any atom is -0.397 e. The van der Waals surface area contributed by atoms with E-state index in [9.17, 15) is 13.2 Å². The third-order valence-corrected chi connectivity index (χ3v) is 2.64. The Morgan fingerprint density at radius 2 is 1.79 bits per heavy atom. The summed E-state index contributed by atoms with van der Waals surface area (Å²) < 4.78 is 37.2. The Labute approximate surface area is 108 Å². The predicted octanol–water partition coefficient (Wildman–Crippen LogP) is 3.73. The molecule has 100 valence electrons. The highest BCUT2D eigenvalue weighted by atomic mass is 19.4. The second-order valence-electron chi connectivity index (χ2n) is 4.13. The Balaban J connectivity index is 2.17. The largest absolute Gasteiger partial charge is 0.416 e. The molecule has 0 fully saturated rings. The van der Waals surface area contributed by atoms with E-state index in [0.29, 0.717) is 17.2 Å². The molecule has 0 aliphatic rings. The number of nitrogens with zero attached hydrogens (tertiary/aromatic N) is 1. The fraction of sp³-hybridized carbons (Fsp3) is 0.154. The van der Waals surface area contributed by atoms with E-state index in [1.54, 1.807) is 6.07 Å². The summed E-state index contributed by atoms with van der Waals surface area (Å²) in [5.74, 6) is 0.534. The number of rotatable bonds is 2. The van der Waals surface area contributed by atoms with Crippen molar-refractivity contribution in [1.82, 2.24) is 4.98 Å². The van der Waals surface area contributed by atoms with Crippen molar-refractivity contribution in [2.75, 3.05) is 11.1 Å². The molecule has 0 unspecified atom stereocenters. The molecule has 3 nitrogen and oxygen atoms in total. The Hall–Kier alpha value is -2.24. The van der Waals surface area contributed by atoms with Crippen LogP contribution in [0.1, 0.15) is 11.1 Å². The van der Waals surface area contributed by atoms with Gasteiger partial charge in [0.15, 0.2) is 0 Å². The number of aromatic nitrogens is 1. The predicted molar refractivity (Wildman–Crippen MR) is 68.1 cm³/mol. The zero-order valence-corrected chi connectivity index (χ0v) is 10.1. The average molecular weight is 267 g/mol. The summed E-state index contributed by atoms with van der Waals surface area (Å²) in [6, 6.07) is 6.48. The molecule has 2 aromatic rings. The van der Waals surface area contributed by atoms with E-state index in [-0.39, 0.29) is 0 Å². The fourth-order valence-electron chi connectivity index (χ4n) is 1.53. The van der Waals surface area contributed by atoms with Crippen LogP contribution in [0.5, 0.6) is 0 Å². The maximum absolute atomic E-state index is 12.4. The summed E-state index contributed by atoms with van der Waals surface area (Å²) in [6.45, 7) is 1.83. The van der Waals surface area contributed by atoms with E-state index in [1.165, 1.54) is 18.3 Å². The first-order valence-corrected chi connectivity index (χ1v) is 5.52.